The summed E-state index contributed by atoms with van der Waals surface area (Å²) in [5.74, 6) is 5.54. The SMILES string of the molecule is NCC#Cc1cc(Cl)ccc1NS(=O)(=O)N1CCCCC1. The van der Waals surface area contributed by atoms with Crippen LogP contribution in [0.4, 0.5) is 5.69 Å². The topological polar surface area (TPSA) is 75.4 Å². The molecule has 0 spiro atoms. The van der Waals surface area contributed by atoms with Gasteiger partial charge in [-0.25, -0.2) is 0 Å². The Kier molecular flexibility index (Phi) is 5.48. The number of benzene rings is 1. The maximum atomic E-state index is 12.4. The summed E-state index contributed by atoms with van der Waals surface area (Å²) in [4.78, 5) is 0. The Morgan fingerprint density at radius 1 is 1.29 bits per heavy atom. The number of halogens is 1. The molecule has 0 saturated carbocycles. The molecule has 0 amide bonds. The molecule has 21 heavy (non-hydrogen) atoms. The van der Waals surface area contributed by atoms with E-state index in [0.29, 0.717) is 29.4 Å². The molecule has 1 aromatic carbocycles. The summed E-state index contributed by atoms with van der Waals surface area (Å²) in [6.45, 7) is 1.30. The van der Waals surface area contributed by atoms with Gasteiger partial charge in [0.05, 0.1) is 17.8 Å². The van der Waals surface area contributed by atoms with E-state index >= 15 is 0 Å². The second-order valence-corrected chi connectivity index (χ2v) is 6.87. The third-order valence-corrected chi connectivity index (χ3v) is 4.96. The molecule has 0 atom stereocenters. The summed E-state index contributed by atoms with van der Waals surface area (Å²) in [6.07, 6.45) is 2.85. The monoisotopic (exact) mass is 327 g/mol. The van der Waals surface area contributed by atoms with Gasteiger partial charge in [-0.15, -0.1) is 0 Å². The Morgan fingerprint density at radius 2 is 2.00 bits per heavy atom. The molecular weight excluding hydrogens is 310 g/mol. The third-order valence-electron chi connectivity index (χ3n) is 3.20. The molecule has 0 radical (unpaired) electrons. The molecule has 0 aromatic heterocycles. The van der Waals surface area contributed by atoms with Gasteiger partial charge in [0.15, 0.2) is 0 Å². The molecule has 1 aliphatic heterocycles. The van der Waals surface area contributed by atoms with Crippen molar-refractivity contribution in [2.24, 2.45) is 5.73 Å². The van der Waals surface area contributed by atoms with E-state index in [0.717, 1.165) is 19.3 Å². The van der Waals surface area contributed by atoms with Gasteiger partial charge in [-0.3, -0.25) is 4.72 Å². The molecular formula is C14H18ClN3O2S. The first-order chi connectivity index (χ1) is 10.0. The van der Waals surface area contributed by atoms with E-state index in [1.54, 1.807) is 18.2 Å². The van der Waals surface area contributed by atoms with Crippen molar-refractivity contribution < 1.29 is 8.42 Å². The fourth-order valence-electron chi connectivity index (χ4n) is 2.16. The first-order valence-electron chi connectivity index (χ1n) is 6.79. The molecule has 2 rings (SSSR count). The number of hydrogen-bond donors (Lipinski definition) is 2. The van der Waals surface area contributed by atoms with Crippen LogP contribution in [-0.4, -0.2) is 32.4 Å². The lowest BCUT2D eigenvalue weighted by Gasteiger charge is -2.26. The summed E-state index contributed by atoms with van der Waals surface area (Å²) in [5, 5.41) is 0.497. The summed E-state index contributed by atoms with van der Waals surface area (Å²) < 4.78 is 28.8. The van der Waals surface area contributed by atoms with Gasteiger partial charge in [-0.05, 0) is 31.0 Å². The van der Waals surface area contributed by atoms with E-state index in [4.69, 9.17) is 17.3 Å². The minimum atomic E-state index is -3.56. The molecule has 5 nitrogen and oxygen atoms in total. The normalized spacial score (nSPS) is 16.1. The zero-order chi connectivity index (χ0) is 15.3. The van der Waals surface area contributed by atoms with Crippen molar-refractivity contribution >= 4 is 27.5 Å². The quantitative estimate of drug-likeness (QED) is 0.831. The highest BCUT2D eigenvalue weighted by Crippen LogP contribution is 2.23. The number of nitrogens with zero attached hydrogens (tertiary/aromatic N) is 1. The lowest BCUT2D eigenvalue weighted by molar-refractivity contribution is 0.349. The molecule has 1 fully saturated rings. The van der Waals surface area contributed by atoms with E-state index in [2.05, 4.69) is 16.6 Å². The van der Waals surface area contributed by atoms with Crippen molar-refractivity contribution in [3.8, 4) is 11.8 Å². The van der Waals surface area contributed by atoms with Crippen LogP contribution in [0.3, 0.4) is 0 Å². The molecule has 0 unspecified atom stereocenters. The van der Waals surface area contributed by atoms with Crippen LogP contribution >= 0.6 is 11.6 Å². The van der Waals surface area contributed by atoms with Crippen LogP contribution in [0.1, 0.15) is 24.8 Å². The maximum absolute atomic E-state index is 12.4. The molecule has 1 aromatic rings. The maximum Gasteiger partial charge on any atom is 0.301 e. The lowest BCUT2D eigenvalue weighted by Crippen LogP contribution is -2.39. The Hall–Kier alpha value is -1.26. The Balaban J connectivity index is 2.25. The number of nitrogens with one attached hydrogen (secondary N) is 1. The molecule has 1 aliphatic rings. The molecule has 0 bridgehead atoms. The van der Waals surface area contributed by atoms with Crippen molar-refractivity contribution in [2.75, 3.05) is 24.4 Å². The van der Waals surface area contributed by atoms with E-state index in [1.807, 2.05) is 0 Å². The Morgan fingerprint density at radius 3 is 2.67 bits per heavy atom. The highest BCUT2D eigenvalue weighted by atomic mass is 35.5. The molecule has 3 N–H and O–H groups in total. The van der Waals surface area contributed by atoms with E-state index in [1.165, 1.54) is 4.31 Å². The van der Waals surface area contributed by atoms with Crippen molar-refractivity contribution in [2.45, 2.75) is 19.3 Å². The highest BCUT2D eigenvalue weighted by Gasteiger charge is 2.24. The van der Waals surface area contributed by atoms with Crippen LogP contribution in [0, 0.1) is 11.8 Å². The number of hydrogen-bond acceptors (Lipinski definition) is 3. The zero-order valence-corrected chi connectivity index (χ0v) is 13.2. The van der Waals surface area contributed by atoms with Gasteiger partial charge >= 0.3 is 10.2 Å². The van der Waals surface area contributed by atoms with Gasteiger partial charge in [0.1, 0.15) is 0 Å². The van der Waals surface area contributed by atoms with E-state index in [9.17, 15) is 8.42 Å². The van der Waals surface area contributed by atoms with Crippen molar-refractivity contribution in [3.05, 3.63) is 28.8 Å². The van der Waals surface area contributed by atoms with Gasteiger partial charge in [-0.1, -0.05) is 29.9 Å². The Labute approximate surface area is 130 Å². The smallest absolute Gasteiger partial charge is 0.301 e. The van der Waals surface area contributed by atoms with E-state index in [-0.39, 0.29) is 6.54 Å². The van der Waals surface area contributed by atoms with Crippen molar-refractivity contribution in [1.29, 1.82) is 0 Å². The number of anilines is 1. The van der Waals surface area contributed by atoms with Crippen LogP contribution in [0.2, 0.25) is 5.02 Å². The van der Waals surface area contributed by atoms with Gasteiger partial charge in [0.25, 0.3) is 0 Å². The average Bonchev–Trinajstić information content (AvgIpc) is 2.48. The summed E-state index contributed by atoms with van der Waals surface area (Å²) in [5.41, 5.74) is 6.30. The second-order valence-electron chi connectivity index (χ2n) is 4.76. The van der Waals surface area contributed by atoms with Crippen LogP contribution in [0.25, 0.3) is 0 Å². The van der Waals surface area contributed by atoms with Crippen molar-refractivity contribution in [1.82, 2.24) is 4.31 Å². The summed E-state index contributed by atoms with van der Waals surface area (Å²) >= 11 is 5.93. The first kappa shape index (κ1) is 16.1. The van der Waals surface area contributed by atoms with Gasteiger partial charge in [0.2, 0.25) is 0 Å². The molecule has 1 heterocycles. The predicted molar refractivity (Wildman–Crippen MR) is 85.4 cm³/mol. The highest BCUT2D eigenvalue weighted by molar-refractivity contribution is 7.90. The largest absolute Gasteiger partial charge is 0.320 e. The number of nitrogens with two attached hydrogens (primary N) is 1. The van der Waals surface area contributed by atoms with Gasteiger partial charge in [-0.2, -0.15) is 12.7 Å². The standard InChI is InChI=1S/C14H18ClN3O2S/c15-13-6-7-14(12(11-13)5-4-8-16)17-21(19,20)18-9-2-1-3-10-18/h6-7,11,17H,1-3,8-10,16H2. The number of piperidine rings is 1. The fraction of sp³-hybridized carbons (Fsp3) is 0.429. The average molecular weight is 328 g/mol. The predicted octanol–water partition coefficient (Wildman–Crippen LogP) is 1.79. The van der Waals surface area contributed by atoms with Crippen molar-refractivity contribution in [3.63, 3.8) is 0 Å². The van der Waals surface area contributed by atoms with Crippen LogP contribution < -0.4 is 10.5 Å². The third kappa shape index (κ3) is 4.35. The van der Waals surface area contributed by atoms with Crippen LogP contribution in [-0.2, 0) is 10.2 Å². The van der Waals surface area contributed by atoms with Crippen LogP contribution in [0.5, 0.6) is 0 Å². The van der Waals surface area contributed by atoms with Crippen LogP contribution in [0.15, 0.2) is 18.2 Å². The van der Waals surface area contributed by atoms with E-state index < -0.39 is 10.2 Å². The minimum absolute atomic E-state index is 0.199. The Bertz CT molecular complexity index is 659. The fourth-order valence-corrected chi connectivity index (χ4v) is 3.66. The minimum Gasteiger partial charge on any atom is -0.320 e. The van der Waals surface area contributed by atoms with Gasteiger partial charge < -0.3 is 5.73 Å². The summed E-state index contributed by atoms with van der Waals surface area (Å²) in [7, 11) is -3.56. The van der Waals surface area contributed by atoms with Gasteiger partial charge in [0, 0.05) is 18.1 Å². The first-order valence-corrected chi connectivity index (χ1v) is 8.61. The second kappa shape index (κ2) is 7.14. The number of rotatable bonds is 3. The molecule has 7 heteroatoms. The lowest BCUT2D eigenvalue weighted by atomic mass is 10.2. The molecule has 1 saturated heterocycles. The molecule has 114 valence electrons. The zero-order valence-electron chi connectivity index (χ0n) is 11.6. The summed E-state index contributed by atoms with van der Waals surface area (Å²) in [6, 6.07) is 4.87. The molecule has 0 aliphatic carbocycles.